The Morgan fingerprint density at radius 1 is 0.897 bits per heavy atom. The lowest BCUT2D eigenvalue weighted by molar-refractivity contribution is -0.139. The zero-order valence-corrected chi connectivity index (χ0v) is 16.3. The summed E-state index contributed by atoms with van der Waals surface area (Å²) in [5, 5.41) is 10.1. The van der Waals surface area contributed by atoms with Gasteiger partial charge in [-0.3, -0.25) is 0 Å². The Balaban J connectivity index is 1.71. The van der Waals surface area contributed by atoms with Crippen LogP contribution in [0.3, 0.4) is 0 Å². The highest BCUT2D eigenvalue weighted by Crippen LogP contribution is 2.23. The Morgan fingerprint density at radius 3 is 2.28 bits per heavy atom. The number of nitriles is 1. The van der Waals surface area contributed by atoms with Crippen molar-refractivity contribution in [2.75, 3.05) is 0 Å². The molecule has 0 bridgehead atoms. The number of ether oxygens (including phenoxy) is 2. The summed E-state index contributed by atoms with van der Waals surface area (Å²) in [7, 11) is 0. The predicted molar refractivity (Wildman–Crippen MR) is 112 cm³/mol. The molecule has 0 atom stereocenters. The molecule has 3 aromatic rings. The molecule has 0 amide bonds. The van der Waals surface area contributed by atoms with Gasteiger partial charge in [-0.1, -0.05) is 72.3 Å². The standard InChI is InChI=1S/C24H18ClNO3/c25-22-12-10-19(11-13-22)16-28-23-9-5-4-8-20(23)14-21(15-26)24(27)29-17-18-6-2-1-3-7-18/h1-14H,16-17H2/b21-14-. The first-order valence-corrected chi connectivity index (χ1v) is 9.32. The van der Waals surface area contributed by atoms with E-state index in [-0.39, 0.29) is 12.2 Å². The molecule has 0 unspecified atom stereocenters. The zero-order chi connectivity index (χ0) is 20.5. The number of hydrogen-bond donors (Lipinski definition) is 0. The number of hydrogen-bond acceptors (Lipinski definition) is 4. The highest BCUT2D eigenvalue weighted by Gasteiger charge is 2.13. The fourth-order valence-corrected chi connectivity index (χ4v) is 2.69. The average Bonchev–Trinajstić information content (AvgIpc) is 2.77. The molecule has 4 nitrogen and oxygen atoms in total. The molecule has 0 aliphatic carbocycles. The Kier molecular flexibility index (Phi) is 7.05. The van der Waals surface area contributed by atoms with Gasteiger partial charge >= 0.3 is 5.97 Å². The van der Waals surface area contributed by atoms with E-state index in [9.17, 15) is 10.1 Å². The Hall–Kier alpha value is -3.55. The van der Waals surface area contributed by atoms with Crippen molar-refractivity contribution in [3.63, 3.8) is 0 Å². The third-order valence-electron chi connectivity index (χ3n) is 4.08. The molecule has 0 saturated carbocycles. The molecule has 144 valence electrons. The van der Waals surface area contributed by atoms with Gasteiger partial charge in [0, 0.05) is 10.6 Å². The highest BCUT2D eigenvalue weighted by atomic mass is 35.5. The minimum absolute atomic E-state index is 0.0940. The van der Waals surface area contributed by atoms with Crippen LogP contribution in [0.1, 0.15) is 16.7 Å². The second-order valence-electron chi connectivity index (χ2n) is 6.18. The summed E-state index contributed by atoms with van der Waals surface area (Å²) in [5.41, 5.74) is 2.33. The molecule has 0 radical (unpaired) electrons. The van der Waals surface area contributed by atoms with Gasteiger partial charge in [-0.2, -0.15) is 5.26 Å². The molecule has 0 saturated heterocycles. The molecule has 0 aromatic heterocycles. The average molecular weight is 404 g/mol. The van der Waals surface area contributed by atoms with E-state index in [2.05, 4.69) is 0 Å². The van der Waals surface area contributed by atoms with Crippen LogP contribution in [0.4, 0.5) is 0 Å². The highest BCUT2D eigenvalue weighted by molar-refractivity contribution is 6.30. The van der Waals surface area contributed by atoms with E-state index in [4.69, 9.17) is 21.1 Å². The second-order valence-corrected chi connectivity index (χ2v) is 6.62. The van der Waals surface area contributed by atoms with Crippen LogP contribution < -0.4 is 4.74 Å². The summed E-state index contributed by atoms with van der Waals surface area (Å²) in [5.74, 6) is -0.116. The number of carbonyl (C=O) groups is 1. The summed E-state index contributed by atoms with van der Waals surface area (Å²) in [6.45, 7) is 0.440. The molecule has 3 rings (SSSR count). The van der Waals surface area contributed by atoms with Gasteiger partial charge in [0.1, 0.15) is 30.6 Å². The van der Waals surface area contributed by atoms with Gasteiger partial charge in [0.2, 0.25) is 0 Å². The fourth-order valence-electron chi connectivity index (χ4n) is 2.57. The summed E-state index contributed by atoms with van der Waals surface area (Å²) in [6.07, 6.45) is 1.48. The largest absolute Gasteiger partial charge is 0.488 e. The van der Waals surface area contributed by atoms with Crippen LogP contribution in [0.25, 0.3) is 6.08 Å². The number of rotatable bonds is 7. The van der Waals surface area contributed by atoms with Crippen LogP contribution in [-0.4, -0.2) is 5.97 Å². The maximum Gasteiger partial charge on any atom is 0.349 e. The van der Waals surface area contributed by atoms with Crippen LogP contribution in [0.5, 0.6) is 5.75 Å². The third-order valence-corrected chi connectivity index (χ3v) is 4.33. The topological polar surface area (TPSA) is 59.3 Å². The minimum atomic E-state index is -0.677. The Bertz CT molecular complexity index is 1040. The van der Waals surface area contributed by atoms with Gasteiger partial charge < -0.3 is 9.47 Å². The summed E-state index contributed by atoms with van der Waals surface area (Å²) in [4.78, 5) is 12.3. The van der Waals surface area contributed by atoms with E-state index < -0.39 is 5.97 Å². The van der Waals surface area contributed by atoms with E-state index in [0.717, 1.165) is 11.1 Å². The molecular formula is C24H18ClNO3. The maximum absolute atomic E-state index is 12.3. The van der Waals surface area contributed by atoms with Gasteiger partial charge in [0.15, 0.2) is 0 Å². The third kappa shape index (κ3) is 5.97. The number of halogens is 1. The smallest absolute Gasteiger partial charge is 0.349 e. The van der Waals surface area contributed by atoms with Crippen LogP contribution in [0, 0.1) is 11.3 Å². The number of para-hydroxylation sites is 1. The molecule has 29 heavy (non-hydrogen) atoms. The van der Waals surface area contributed by atoms with Crippen molar-refractivity contribution in [3.8, 4) is 11.8 Å². The summed E-state index contributed by atoms with van der Waals surface area (Å²) >= 11 is 5.90. The minimum Gasteiger partial charge on any atom is -0.488 e. The molecule has 0 fully saturated rings. The lowest BCUT2D eigenvalue weighted by Gasteiger charge is -2.10. The summed E-state index contributed by atoms with van der Waals surface area (Å²) in [6, 6.07) is 25.8. The van der Waals surface area contributed by atoms with E-state index in [0.29, 0.717) is 22.9 Å². The van der Waals surface area contributed by atoms with Crippen LogP contribution in [0.2, 0.25) is 5.02 Å². The van der Waals surface area contributed by atoms with E-state index in [1.54, 1.807) is 24.3 Å². The maximum atomic E-state index is 12.3. The van der Waals surface area contributed by atoms with Gasteiger partial charge in [-0.15, -0.1) is 0 Å². The lowest BCUT2D eigenvalue weighted by atomic mass is 10.1. The molecule has 0 spiro atoms. The summed E-state index contributed by atoms with van der Waals surface area (Å²) < 4.78 is 11.1. The van der Waals surface area contributed by atoms with E-state index in [1.165, 1.54) is 6.08 Å². The quantitative estimate of drug-likeness (QED) is 0.294. The molecule has 0 N–H and O–H groups in total. The normalized spacial score (nSPS) is 10.8. The number of esters is 1. The van der Waals surface area contributed by atoms with Crippen molar-refractivity contribution < 1.29 is 14.3 Å². The number of benzene rings is 3. The Labute approximate surface area is 174 Å². The predicted octanol–water partition coefficient (Wildman–Crippen LogP) is 5.57. The van der Waals surface area contributed by atoms with Gasteiger partial charge in [-0.05, 0) is 35.4 Å². The van der Waals surface area contributed by atoms with Gasteiger partial charge in [-0.25, -0.2) is 4.79 Å². The van der Waals surface area contributed by atoms with Crippen molar-refractivity contribution in [1.82, 2.24) is 0 Å². The zero-order valence-electron chi connectivity index (χ0n) is 15.5. The SMILES string of the molecule is N#C/C(=C/c1ccccc1OCc1ccc(Cl)cc1)C(=O)OCc1ccccc1. The molecule has 0 aliphatic rings. The van der Waals surface area contributed by atoms with Crippen molar-refractivity contribution in [3.05, 3.63) is 106 Å². The first kappa shape index (κ1) is 20.2. The monoisotopic (exact) mass is 403 g/mol. The van der Waals surface area contributed by atoms with Crippen molar-refractivity contribution in [2.24, 2.45) is 0 Å². The molecule has 0 heterocycles. The number of carbonyl (C=O) groups excluding carboxylic acids is 1. The van der Waals surface area contributed by atoms with Crippen LogP contribution in [0.15, 0.2) is 84.4 Å². The van der Waals surface area contributed by atoms with Gasteiger partial charge in [0.05, 0.1) is 0 Å². The fraction of sp³-hybridized carbons (Fsp3) is 0.0833. The molecular weight excluding hydrogens is 386 g/mol. The molecule has 0 aliphatic heterocycles. The number of nitrogens with zero attached hydrogens (tertiary/aromatic N) is 1. The molecule has 3 aromatic carbocycles. The molecule has 5 heteroatoms. The second kappa shape index (κ2) is 10.1. The van der Waals surface area contributed by atoms with Crippen LogP contribution in [-0.2, 0) is 22.7 Å². The van der Waals surface area contributed by atoms with E-state index in [1.807, 2.05) is 60.7 Å². The van der Waals surface area contributed by atoms with Crippen molar-refractivity contribution in [2.45, 2.75) is 13.2 Å². The van der Waals surface area contributed by atoms with Crippen LogP contribution >= 0.6 is 11.6 Å². The van der Waals surface area contributed by atoms with E-state index >= 15 is 0 Å². The first-order chi connectivity index (χ1) is 14.2. The van der Waals surface area contributed by atoms with Crippen molar-refractivity contribution >= 4 is 23.6 Å². The van der Waals surface area contributed by atoms with Crippen molar-refractivity contribution in [1.29, 1.82) is 5.26 Å². The first-order valence-electron chi connectivity index (χ1n) is 8.95. The Morgan fingerprint density at radius 2 is 1.55 bits per heavy atom. The van der Waals surface area contributed by atoms with Gasteiger partial charge in [0.25, 0.3) is 0 Å². The lowest BCUT2D eigenvalue weighted by Crippen LogP contribution is -2.07.